The van der Waals surface area contributed by atoms with Crippen molar-refractivity contribution in [1.82, 2.24) is 0 Å². The van der Waals surface area contributed by atoms with Gasteiger partial charge in [0.25, 0.3) is 0 Å². The monoisotopic (exact) mass is 656 g/mol. The molecule has 0 atom stereocenters. The quantitative estimate of drug-likeness (QED) is 0.0552. The third-order valence-electron chi connectivity index (χ3n) is 5.81. The van der Waals surface area contributed by atoms with E-state index in [0.717, 1.165) is 6.42 Å². The van der Waals surface area contributed by atoms with E-state index in [0.29, 0.717) is 119 Å². The van der Waals surface area contributed by atoms with E-state index in [4.69, 9.17) is 56.8 Å². The first-order chi connectivity index (χ1) is 21.8. The molecule has 0 rings (SSSR count). The minimum Gasteiger partial charge on any atom is -0.463 e. The first kappa shape index (κ1) is 43.0. The summed E-state index contributed by atoms with van der Waals surface area (Å²) in [6, 6.07) is 0. The van der Waals surface area contributed by atoms with Crippen molar-refractivity contribution in [2.45, 2.75) is 34.1 Å². The lowest BCUT2D eigenvalue weighted by molar-refractivity contribution is -0.143. The molecule has 0 heterocycles. The summed E-state index contributed by atoms with van der Waals surface area (Å²) < 4.78 is 64.9. The first-order valence-corrected chi connectivity index (χ1v) is 15.4. The first-order valence-electron chi connectivity index (χ1n) is 15.4. The smallest absolute Gasteiger partial charge is 0.302 e. The van der Waals surface area contributed by atoms with E-state index < -0.39 is 0 Å². The topological polar surface area (TPSA) is 162 Å². The van der Waals surface area contributed by atoms with Gasteiger partial charge in [-0.3, -0.25) is 14.4 Å². The zero-order valence-corrected chi connectivity index (χ0v) is 27.7. The van der Waals surface area contributed by atoms with E-state index in [9.17, 15) is 14.4 Å². The average Bonchev–Trinajstić information content (AvgIpc) is 3.00. The van der Waals surface area contributed by atoms with Crippen LogP contribution < -0.4 is 0 Å². The summed E-state index contributed by atoms with van der Waals surface area (Å²) in [4.78, 5) is 32.2. The Labute approximate surface area is 267 Å². The highest BCUT2D eigenvalue weighted by molar-refractivity contribution is 5.66. The second-order valence-electron chi connectivity index (χ2n) is 9.71. The average molecular weight is 657 g/mol. The van der Waals surface area contributed by atoms with Gasteiger partial charge >= 0.3 is 17.9 Å². The Hall–Kier alpha value is -1.95. The van der Waals surface area contributed by atoms with Crippen LogP contribution in [0.25, 0.3) is 0 Å². The van der Waals surface area contributed by atoms with Crippen molar-refractivity contribution in [3.8, 4) is 0 Å². The molecular formula is C30H56O15. The van der Waals surface area contributed by atoms with Crippen molar-refractivity contribution in [1.29, 1.82) is 0 Å². The van der Waals surface area contributed by atoms with E-state index >= 15 is 0 Å². The molecule has 0 aliphatic rings. The van der Waals surface area contributed by atoms with Gasteiger partial charge < -0.3 is 56.8 Å². The molecule has 0 N–H and O–H groups in total. The second-order valence-corrected chi connectivity index (χ2v) is 9.71. The van der Waals surface area contributed by atoms with E-state index in [-0.39, 0.29) is 43.1 Å². The van der Waals surface area contributed by atoms with Gasteiger partial charge in [-0.25, -0.2) is 0 Å². The van der Waals surface area contributed by atoms with Gasteiger partial charge in [0.05, 0.1) is 119 Å². The molecule has 15 heteroatoms. The molecule has 0 amide bonds. The van der Waals surface area contributed by atoms with Crippen LogP contribution in [0.5, 0.6) is 0 Å². The number of carbonyl (C=O) groups excluding carboxylic acids is 3. The number of hydrogen-bond donors (Lipinski definition) is 0. The summed E-state index contributed by atoms with van der Waals surface area (Å²) in [5.41, 5.74) is -0.376. The van der Waals surface area contributed by atoms with E-state index in [2.05, 4.69) is 6.92 Å². The van der Waals surface area contributed by atoms with Gasteiger partial charge in [0.15, 0.2) is 0 Å². The van der Waals surface area contributed by atoms with Crippen molar-refractivity contribution in [3.63, 3.8) is 0 Å². The van der Waals surface area contributed by atoms with Crippen LogP contribution in [-0.4, -0.2) is 157 Å². The van der Waals surface area contributed by atoms with Crippen molar-refractivity contribution in [2.24, 2.45) is 5.41 Å². The molecule has 0 aromatic rings. The molecule has 0 aromatic carbocycles. The predicted molar refractivity (Wildman–Crippen MR) is 160 cm³/mol. The molecule has 0 spiro atoms. The lowest BCUT2D eigenvalue weighted by Gasteiger charge is -2.32. The third-order valence-corrected chi connectivity index (χ3v) is 5.81. The standard InChI is InChI=1S/C30H56O15/c1-5-30(24-40-15-12-34-6-9-37-18-21-43-27(2)31,25-41-16-13-35-7-10-38-19-22-44-28(3)32)26-42-17-14-36-8-11-39-20-23-45-29(4)33/h5-26H2,1-4H3. The second kappa shape index (κ2) is 32.0. The normalized spacial score (nSPS) is 11.5. The highest BCUT2D eigenvalue weighted by atomic mass is 16.6. The summed E-state index contributed by atoms with van der Waals surface area (Å²) >= 11 is 0. The maximum absolute atomic E-state index is 10.7. The fourth-order valence-electron chi connectivity index (χ4n) is 3.35. The van der Waals surface area contributed by atoms with E-state index in [1.807, 2.05) is 0 Å². The maximum Gasteiger partial charge on any atom is 0.302 e. The summed E-state index contributed by atoms with van der Waals surface area (Å²) in [7, 11) is 0. The van der Waals surface area contributed by atoms with E-state index in [1.165, 1.54) is 20.8 Å². The summed E-state index contributed by atoms with van der Waals surface area (Å²) in [6.07, 6.45) is 0.762. The molecule has 266 valence electrons. The number of ether oxygens (including phenoxy) is 12. The molecule has 0 bridgehead atoms. The number of carbonyl (C=O) groups is 3. The Bertz CT molecular complexity index is 619. The van der Waals surface area contributed by atoms with Gasteiger partial charge in [-0.2, -0.15) is 0 Å². The van der Waals surface area contributed by atoms with Crippen molar-refractivity contribution < 1.29 is 71.2 Å². The molecule has 45 heavy (non-hydrogen) atoms. The summed E-state index contributed by atoms with van der Waals surface area (Å²) in [5, 5.41) is 0. The van der Waals surface area contributed by atoms with Crippen LogP contribution in [0, 0.1) is 5.41 Å². The highest BCUT2D eigenvalue weighted by Gasteiger charge is 2.30. The van der Waals surface area contributed by atoms with Crippen LogP contribution in [0.3, 0.4) is 0 Å². The lowest BCUT2D eigenvalue weighted by atomic mass is 9.88. The zero-order valence-electron chi connectivity index (χ0n) is 27.7. The largest absolute Gasteiger partial charge is 0.463 e. The Morgan fingerprint density at radius 1 is 0.356 bits per heavy atom. The Balaban J connectivity index is 4.27. The predicted octanol–water partition coefficient (Wildman–Crippen LogP) is 1.22. The molecule has 0 aliphatic carbocycles. The van der Waals surface area contributed by atoms with Crippen LogP contribution in [-0.2, 0) is 71.2 Å². The van der Waals surface area contributed by atoms with Crippen LogP contribution in [0.4, 0.5) is 0 Å². The van der Waals surface area contributed by atoms with E-state index in [1.54, 1.807) is 0 Å². The molecule has 0 aromatic heterocycles. The van der Waals surface area contributed by atoms with Gasteiger partial charge in [-0.15, -0.1) is 0 Å². The fourth-order valence-corrected chi connectivity index (χ4v) is 3.35. The van der Waals surface area contributed by atoms with Gasteiger partial charge in [0.2, 0.25) is 0 Å². The molecule has 15 nitrogen and oxygen atoms in total. The van der Waals surface area contributed by atoms with Gasteiger partial charge in [0.1, 0.15) is 19.8 Å². The summed E-state index contributed by atoms with van der Waals surface area (Å²) in [5.74, 6) is -1.00. The molecule has 0 unspecified atom stereocenters. The lowest BCUT2D eigenvalue weighted by Crippen LogP contribution is -2.38. The van der Waals surface area contributed by atoms with Crippen LogP contribution >= 0.6 is 0 Å². The molecule has 0 radical (unpaired) electrons. The highest BCUT2D eigenvalue weighted by Crippen LogP contribution is 2.24. The van der Waals surface area contributed by atoms with Gasteiger partial charge in [-0.05, 0) is 6.42 Å². The number of esters is 3. The Morgan fingerprint density at radius 3 is 0.756 bits per heavy atom. The summed E-state index contributed by atoms with van der Waals surface area (Å²) in [6.45, 7) is 13.8. The van der Waals surface area contributed by atoms with Crippen molar-refractivity contribution >= 4 is 17.9 Å². The zero-order chi connectivity index (χ0) is 33.3. The Kier molecular flexibility index (Phi) is 30.6. The SMILES string of the molecule is CCC(COCCOCCOCCOC(C)=O)(COCCOCCOCCOC(C)=O)COCCOCCOCCOC(C)=O. The molecule has 0 saturated carbocycles. The van der Waals surface area contributed by atoms with Crippen LogP contribution in [0.2, 0.25) is 0 Å². The maximum atomic E-state index is 10.7. The minimum absolute atomic E-state index is 0.223. The molecule has 0 fully saturated rings. The molecular weight excluding hydrogens is 600 g/mol. The van der Waals surface area contributed by atoms with Gasteiger partial charge in [0, 0.05) is 26.2 Å². The number of rotatable bonds is 34. The van der Waals surface area contributed by atoms with Crippen molar-refractivity contribution in [2.75, 3.05) is 139 Å². The van der Waals surface area contributed by atoms with Crippen molar-refractivity contribution in [3.05, 3.63) is 0 Å². The van der Waals surface area contributed by atoms with Gasteiger partial charge in [-0.1, -0.05) is 6.92 Å². The van der Waals surface area contributed by atoms with Crippen LogP contribution in [0.1, 0.15) is 34.1 Å². The molecule has 0 saturated heterocycles. The van der Waals surface area contributed by atoms with Crippen LogP contribution in [0.15, 0.2) is 0 Å². The Morgan fingerprint density at radius 2 is 0.556 bits per heavy atom. The molecule has 0 aliphatic heterocycles. The fraction of sp³-hybridized carbons (Fsp3) is 0.900. The minimum atomic E-state index is -0.376. The third kappa shape index (κ3) is 31.8. The number of hydrogen-bond acceptors (Lipinski definition) is 15.